The lowest BCUT2D eigenvalue weighted by molar-refractivity contribution is -0.136. The summed E-state index contributed by atoms with van der Waals surface area (Å²) < 4.78 is 4.98. The number of hydrogen-bond acceptors (Lipinski definition) is 3. The molecule has 6 heteroatoms. The van der Waals surface area contributed by atoms with Crippen LogP contribution in [-0.4, -0.2) is 25.0 Å². The molecular formula is C12H15ClN2O3. The van der Waals surface area contributed by atoms with Crippen molar-refractivity contribution in [3.8, 4) is 5.75 Å². The van der Waals surface area contributed by atoms with Gasteiger partial charge < -0.3 is 15.4 Å². The SMILES string of the molecule is COc1ccc(NC(=O)C(=O)NC(C)C)cc1Cl. The van der Waals surface area contributed by atoms with Gasteiger partial charge in [0.1, 0.15) is 5.75 Å². The third-order valence-corrected chi connectivity index (χ3v) is 2.33. The largest absolute Gasteiger partial charge is 0.495 e. The molecule has 5 nitrogen and oxygen atoms in total. The van der Waals surface area contributed by atoms with Gasteiger partial charge in [-0.05, 0) is 32.0 Å². The molecule has 0 spiro atoms. The molecule has 18 heavy (non-hydrogen) atoms. The van der Waals surface area contributed by atoms with Gasteiger partial charge in [-0.3, -0.25) is 9.59 Å². The summed E-state index contributed by atoms with van der Waals surface area (Å²) in [7, 11) is 1.50. The van der Waals surface area contributed by atoms with Gasteiger partial charge in [0.2, 0.25) is 0 Å². The first-order chi connectivity index (χ1) is 8.43. The summed E-state index contributed by atoms with van der Waals surface area (Å²) in [5, 5.41) is 5.30. The van der Waals surface area contributed by atoms with Crippen molar-refractivity contribution >= 4 is 29.1 Å². The Morgan fingerprint density at radius 2 is 1.94 bits per heavy atom. The zero-order valence-electron chi connectivity index (χ0n) is 10.4. The number of carbonyl (C=O) groups excluding carboxylic acids is 2. The predicted molar refractivity (Wildman–Crippen MR) is 69.9 cm³/mol. The van der Waals surface area contributed by atoms with E-state index in [1.54, 1.807) is 26.0 Å². The number of carbonyl (C=O) groups is 2. The van der Waals surface area contributed by atoms with Crippen LogP contribution in [0.2, 0.25) is 5.02 Å². The summed E-state index contributed by atoms with van der Waals surface area (Å²) in [6, 6.07) is 4.63. The Labute approximate surface area is 110 Å². The molecule has 0 atom stereocenters. The standard InChI is InChI=1S/C12H15ClN2O3/c1-7(2)14-11(16)12(17)15-8-4-5-10(18-3)9(13)6-8/h4-7H,1-3H3,(H,14,16)(H,15,17). The molecule has 98 valence electrons. The van der Waals surface area contributed by atoms with E-state index in [4.69, 9.17) is 16.3 Å². The van der Waals surface area contributed by atoms with Crippen molar-refractivity contribution in [1.29, 1.82) is 0 Å². The first kappa shape index (κ1) is 14.3. The van der Waals surface area contributed by atoms with E-state index in [9.17, 15) is 9.59 Å². The zero-order valence-corrected chi connectivity index (χ0v) is 11.2. The van der Waals surface area contributed by atoms with Crippen LogP contribution in [0.5, 0.6) is 5.75 Å². The number of rotatable bonds is 3. The number of nitrogens with one attached hydrogen (secondary N) is 2. The maximum Gasteiger partial charge on any atom is 0.313 e. The molecule has 0 heterocycles. The smallest absolute Gasteiger partial charge is 0.313 e. The summed E-state index contributed by atoms with van der Waals surface area (Å²) in [5.74, 6) is -0.914. The quantitative estimate of drug-likeness (QED) is 0.823. The van der Waals surface area contributed by atoms with Crippen LogP contribution in [0.4, 0.5) is 5.69 Å². The highest BCUT2D eigenvalue weighted by atomic mass is 35.5. The van der Waals surface area contributed by atoms with Crippen molar-refractivity contribution < 1.29 is 14.3 Å². The Kier molecular flexibility index (Phi) is 4.97. The molecule has 0 unspecified atom stereocenters. The molecule has 2 amide bonds. The minimum Gasteiger partial charge on any atom is -0.495 e. The Hall–Kier alpha value is -1.75. The highest BCUT2D eigenvalue weighted by Crippen LogP contribution is 2.27. The number of benzene rings is 1. The van der Waals surface area contributed by atoms with Gasteiger partial charge in [-0.2, -0.15) is 0 Å². The summed E-state index contributed by atoms with van der Waals surface area (Å²) in [5.41, 5.74) is 0.435. The molecule has 0 saturated heterocycles. The van der Waals surface area contributed by atoms with Crippen LogP contribution >= 0.6 is 11.6 Å². The second-order valence-electron chi connectivity index (χ2n) is 3.93. The minimum atomic E-state index is -0.732. The van der Waals surface area contributed by atoms with E-state index in [0.717, 1.165) is 0 Å². The van der Waals surface area contributed by atoms with Gasteiger partial charge in [-0.15, -0.1) is 0 Å². The number of anilines is 1. The third kappa shape index (κ3) is 3.92. The predicted octanol–water partition coefficient (Wildman–Crippen LogP) is 1.81. The van der Waals surface area contributed by atoms with Crippen molar-refractivity contribution in [2.75, 3.05) is 12.4 Å². The topological polar surface area (TPSA) is 67.4 Å². The van der Waals surface area contributed by atoms with Crippen LogP contribution in [0.3, 0.4) is 0 Å². The minimum absolute atomic E-state index is 0.0947. The van der Waals surface area contributed by atoms with E-state index in [1.807, 2.05) is 0 Å². The fourth-order valence-electron chi connectivity index (χ4n) is 1.26. The van der Waals surface area contributed by atoms with Gasteiger partial charge >= 0.3 is 11.8 Å². The van der Waals surface area contributed by atoms with Gasteiger partial charge in [0.05, 0.1) is 12.1 Å². The molecule has 0 fully saturated rings. The molecule has 0 radical (unpaired) electrons. The van der Waals surface area contributed by atoms with Crippen LogP contribution in [0.25, 0.3) is 0 Å². The molecule has 1 rings (SSSR count). The van der Waals surface area contributed by atoms with E-state index in [1.165, 1.54) is 13.2 Å². The van der Waals surface area contributed by atoms with E-state index < -0.39 is 11.8 Å². The molecule has 0 bridgehead atoms. The molecule has 1 aromatic carbocycles. The maximum absolute atomic E-state index is 11.5. The summed E-state index contributed by atoms with van der Waals surface area (Å²) >= 11 is 5.90. The summed E-state index contributed by atoms with van der Waals surface area (Å²) in [4.78, 5) is 22.9. The molecule has 0 aliphatic carbocycles. The molecule has 2 N–H and O–H groups in total. The van der Waals surface area contributed by atoms with E-state index in [-0.39, 0.29) is 6.04 Å². The summed E-state index contributed by atoms with van der Waals surface area (Å²) in [6.45, 7) is 3.55. The first-order valence-electron chi connectivity index (χ1n) is 5.39. The number of hydrogen-bond donors (Lipinski definition) is 2. The van der Waals surface area contributed by atoms with E-state index >= 15 is 0 Å². The van der Waals surface area contributed by atoms with Crippen molar-refractivity contribution in [2.24, 2.45) is 0 Å². The van der Waals surface area contributed by atoms with Crippen LogP contribution in [0, 0.1) is 0 Å². The highest BCUT2D eigenvalue weighted by Gasteiger charge is 2.14. The number of amides is 2. The van der Waals surface area contributed by atoms with E-state index in [2.05, 4.69) is 10.6 Å². The Morgan fingerprint density at radius 1 is 1.28 bits per heavy atom. The maximum atomic E-state index is 11.5. The van der Waals surface area contributed by atoms with Crippen LogP contribution < -0.4 is 15.4 Å². The second kappa shape index (κ2) is 6.26. The van der Waals surface area contributed by atoms with Crippen LogP contribution in [0.15, 0.2) is 18.2 Å². The molecule has 0 aliphatic rings. The highest BCUT2D eigenvalue weighted by molar-refractivity contribution is 6.40. The average Bonchev–Trinajstić information content (AvgIpc) is 2.28. The lowest BCUT2D eigenvalue weighted by Gasteiger charge is -2.09. The molecule has 0 aliphatic heterocycles. The van der Waals surface area contributed by atoms with Gasteiger partial charge in [-0.1, -0.05) is 11.6 Å². The van der Waals surface area contributed by atoms with Gasteiger partial charge in [0.15, 0.2) is 0 Å². The first-order valence-corrected chi connectivity index (χ1v) is 5.77. The lowest BCUT2D eigenvalue weighted by atomic mass is 10.3. The van der Waals surface area contributed by atoms with Crippen molar-refractivity contribution in [1.82, 2.24) is 5.32 Å². The van der Waals surface area contributed by atoms with Gasteiger partial charge in [0, 0.05) is 11.7 Å². The van der Waals surface area contributed by atoms with Crippen LogP contribution in [-0.2, 0) is 9.59 Å². The molecule has 0 saturated carbocycles. The Bertz CT molecular complexity index is 461. The van der Waals surface area contributed by atoms with Gasteiger partial charge in [0.25, 0.3) is 0 Å². The van der Waals surface area contributed by atoms with Gasteiger partial charge in [-0.25, -0.2) is 0 Å². The summed E-state index contributed by atoms with van der Waals surface area (Å²) in [6.07, 6.45) is 0. The van der Waals surface area contributed by atoms with Crippen LogP contribution in [0.1, 0.15) is 13.8 Å². The van der Waals surface area contributed by atoms with Crippen molar-refractivity contribution in [2.45, 2.75) is 19.9 Å². The Balaban J connectivity index is 2.70. The molecule has 0 aromatic heterocycles. The second-order valence-corrected chi connectivity index (χ2v) is 4.34. The zero-order chi connectivity index (χ0) is 13.7. The normalized spacial score (nSPS) is 10.1. The third-order valence-electron chi connectivity index (χ3n) is 2.04. The molecule has 1 aromatic rings. The lowest BCUT2D eigenvalue weighted by Crippen LogP contribution is -2.39. The van der Waals surface area contributed by atoms with Crippen molar-refractivity contribution in [3.05, 3.63) is 23.2 Å². The fourth-order valence-corrected chi connectivity index (χ4v) is 1.52. The van der Waals surface area contributed by atoms with E-state index in [0.29, 0.717) is 16.5 Å². The monoisotopic (exact) mass is 270 g/mol. The number of halogens is 1. The Morgan fingerprint density at radius 3 is 2.44 bits per heavy atom. The number of methoxy groups -OCH3 is 1. The fraction of sp³-hybridized carbons (Fsp3) is 0.333. The number of ether oxygens (including phenoxy) is 1. The average molecular weight is 271 g/mol. The van der Waals surface area contributed by atoms with Crippen molar-refractivity contribution in [3.63, 3.8) is 0 Å². The molecular weight excluding hydrogens is 256 g/mol.